The number of carbonyl (C=O) groups excluding carboxylic acids is 4. The molecule has 15 heteroatoms. The molecule has 3 amide bonds. The molecular formula is C38H52Cl3F2LiN2O7. The number of hydrogen-bond donors (Lipinski definition) is 1. The zero-order chi connectivity index (χ0) is 39.2. The minimum absolute atomic E-state index is 0. The van der Waals surface area contributed by atoms with Gasteiger partial charge in [0.1, 0.15) is 24.8 Å². The van der Waals surface area contributed by atoms with Crippen LogP contribution in [0.25, 0.3) is 0 Å². The Kier molecular flexibility index (Phi) is 26.8. The zero-order valence-corrected chi connectivity index (χ0v) is 33.9. The molecule has 9 nitrogen and oxygen atoms in total. The van der Waals surface area contributed by atoms with Crippen molar-refractivity contribution in [2.45, 2.75) is 98.1 Å². The Morgan fingerprint density at radius 3 is 1.74 bits per heavy atom. The van der Waals surface area contributed by atoms with E-state index in [4.69, 9.17) is 44.3 Å². The van der Waals surface area contributed by atoms with Crippen LogP contribution in [0.2, 0.25) is 10.0 Å². The monoisotopic (exact) mass is 798 g/mol. The van der Waals surface area contributed by atoms with Crippen LogP contribution in [-0.4, -0.2) is 66.7 Å². The van der Waals surface area contributed by atoms with Crippen LogP contribution in [0.3, 0.4) is 0 Å². The fraction of sp³-hybridized carbons (Fsp3) is 0.553. The van der Waals surface area contributed by atoms with Crippen molar-refractivity contribution in [3.05, 3.63) is 76.1 Å². The molecule has 2 atom stereocenters. The van der Waals surface area contributed by atoms with Crippen LogP contribution in [0.15, 0.2) is 36.4 Å². The Bertz CT molecular complexity index is 1410. The normalized spacial score (nSPS) is 17.0. The van der Waals surface area contributed by atoms with E-state index in [1.165, 1.54) is 48.4 Å². The Labute approximate surface area is 340 Å². The number of cyclic esters (lactones) is 2. The van der Waals surface area contributed by atoms with E-state index in [-0.39, 0.29) is 78.4 Å². The van der Waals surface area contributed by atoms with Gasteiger partial charge in [0.05, 0.1) is 22.1 Å². The van der Waals surface area contributed by atoms with E-state index < -0.39 is 23.0 Å². The Balaban J connectivity index is 0.000000719. The quantitative estimate of drug-likeness (QED) is 0.170. The van der Waals surface area contributed by atoms with Crippen LogP contribution in [0.1, 0.15) is 84.3 Å². The number of rotatable bonds is 9. The summed E-state index contributed by atoms with van der Waals surface area (Å²) in [6, 6.07) is 8.86. The van der Waals surface area contributed by atoms with Crippen molar-refractivity contribution in [3.8, 4) is 0 Å². The number of nitrogens with one attached hydrogen (secondary N) is 1. The minimum Gasteiger partial charge on any atom is -0.447 e. The van der Waals surface area contributed by atoms with Gasteiger partial charge in [0.25, 0.3) is 0 Å². The van der Waals surface area contributed by atoms with Crippen LogP contribution in [0, 0.1) is 30.4 Å². The SMILES string of the molecule is C1CCOC1.CC(C)[C@H]1COC(=O)N1.CC(C)[C@H]1COC(=O)N1C(=O)CCc1ccc(Cl)c(F)c1.O=C(Cl)CCc1ccc(Cl)c(F)c1.[CH2-]CCC.[Li+]. The summed E-state index contributed by atoms with van der Waals surface area (Å²) in [6.45, 7) is 16.5. The number of carbonyl (C=O) groups is 4. The van der Waals surface area contributed by atoms with Gasteiger partial charge in [0.15, 0.2) is 0 Å². The van der Waals surface area contributed by atoms with Gasteiger partial charge in [-0.15, -0.1) is 0 Å². The average molecular weight is 800 g/mol. The standard InChI is InChI=1S/C15H17ClFNO3.C9H7Cl2FO.C6H11NO2.C4H8O.C4H9.Li/c1-9(2)13-8-21-15(20)18(13)14(19)6-4-10-3-5-11(16)12(17)7-10;10-7-3-1-6(5-8(7)12)2-4-9(11)13;1-4(2)5-3-9-6(8)7-5;1-2-4-5-3-1;1-3-4-2;/h3,5,7,9,13H,4,6,8H2,1-2H3;1,3,5H,2,4H2;4-5H,3H2,1-2H3,(H,7,8);1-4H2;1,3-4H2,2H3;/q;;;;-1;+1/t13-;;5-;;;/m1.1.../s1. The fourth-order valence-corrected chi connectivity index (χ4v) is 4.82. The van der Waals surface area contributed by atoms with E-state index >= 15 is 0 Å². The van der Waals surface area contributed by atoms with E-state index in [2.05, 4.69) is 37.7 Å². The van der Waals surface area contributed by atoms with Crippen molar-refractivity contribution in [1.82, 2.24) is 10.2 Å². The summed E-state index contributed by atoms with van der Waals surface area (Å²) in [6.07, 6.45) is 5.08. The van der Waals surface area contributed by atoms with E-state index in [9.17, 15) is 28.0 Å². The Morgan fingerprint density at radius 2 is 1.40 bits per heavy atom. The maximum atomic E-state index is 13.3. The molecule has 3 fully saturated rings. The molecule has 2 aromatic carbocycles. The van der Waals surface area contributed by atoms with Crippen LogP contribution in [0.5, 0.6) is 0 Å². The van der Waals surface area contributed by atoms with E-state index in [0.717, 1.165) is 25.2 Å². The number of aryl methyl sites for hydroxylation is 2. The van der Waals surface area contributed by atoms with Crippen LogP contribution in [0.4, 0.5) is 18.4 Å². The van der Waals surface area contributed by atoms with Crippen molar-refractivity contribution >= 4 is 58.1 Å². The maximum Gasteiger partial charge on any atom is 1.00 e. The number of nitrogens with zero attached hydrogens (tertiary/aromatic N) is 1. The third-order valence-corrected chi connectivity index (χ3v) is 8.63. The number of hydrogen-bond acceptors (Lipinski definition) is 7. The summed E-state index contributed by atoms with van der Waals surface area (Å²) in [4.78, 5) is 45.9. The number of amides is 3. The van der Waals surface area contributed by atoms with Gasteiger partial charge in [0.2, 0.25) is 11.1 Å². The molecular weight excluding hydrogens is 748 g/mol. The number of benzene rings is 2. The number of ether oxygens (including phenoxy) is 3. The molecule has 0 radical (unpaired) electrons. The van der Waals surface area contributed by atoms with Gasteiger partial charge in [-0.25, -0.2) is 23.3 Å². The van der Waals surface area contributed by atoms with Gasteiger partial charge >= 0.3 is 31.0 Å². The first kappa shape index (κ1) is 50.6. The predicted molar refractivity (Wildman–Crippen MR) is 201 cm³/mol. The van der Waals surface area contributed by atoms with Crippen LogP contribution in [-0.2, 0) is 36.6 Å². The summed E-state index contributed by atoms with van der Waals surface area (Å²) in [5.74, 6) is -0.681. The summed E-state index contributed by atoms with van der Waals surface area (Å²) < 4.78 is 40.7. The molecule has 0 aliphatic carbocycles. The molecule has 0 saturated carbocycles. The first-order valence-electron chi connectivity index (χ1n) is 17.5. The molecule has 0 spiro atoms. The van der Waals surface area contributed by atoms with Crippen molar-refractivity contribution in [3.63, 3.8) is 0 Å². The molecule has 53 heavy (non-hydrogen) atoms. The fourth-order valence-electron chi connectivity index (χ4n) is 4.49. The second-order valence-corrected chi connectivity index (χ2v) is 14.0. The van der Waals surface area contributed by atoms with Crippen molar-refractivity contribution in [2.24, 2.45) is 11.8 Å². The summed E-state index contributed by atoms with van der Waals surface area (Å²) in [7, 11) is 0. The van der Waals surface area contributed by atoms with E-state index in [0.29, 0.717) is 30.9 Å². The molecule has 3 saturated heterocycles. The van der Waals surface area contributed by atoms with Crippen molar-refractivity contribution in [2.75, 3.05) is 26.4 Å². The van der Waals surface area contributed by atoms with Crippen molar-refractivity contribution in [1.29, 1.82) is 0 Å². The molecule has 0 bridgehead atoms. The number of imide groups is 1. The third-order valence-electron chi connectivity index (χ3n) is 7.83. The van der Waals surface area contributed by atoms with E-state index in [1.807, 2.05) is 13.8 Å². The number of alkyl carbamates (subject to hydrolysis) is 1. The van der Waals surface area contributed by atoms with Gasteiger partial charge in [0, 0.05) is 26.1 Å². The second kappa shape index (κ2) is 28.1. The Hall–Kier alpha value is -2.39. The largest absolute Gasteiger partial charge is 1.00 e. The molecule has 2 aromatic rings. The minimum atomic E-state index is -0.596. The van der Waals surface area contributed by atoms with Gasteiger partial charge in [-0.1, -0.05) is 76.4 Å². The number of unbranched alkanes of at least 4 members (excludes halogenated alkanes) is 1. The van der Waals surface area contributed by atoms with Crippen LogP contribution < -0.4 is 24.2 Å². The topological polar surface area (TPSA) is 111 Å². The first-order valence-corrected chi connectivity index (χ1v) is 18.6. The molecule has 0 aromatic heterocycles. The van der Waals surface area contributed by atoms with Gasteiger partial charge in [-0.2, -0.15) is 6.42 Å². The molecule has 292 valence electrons. The first-order chi connectivity index (χ1) is 24.6. The van der Waals surface area contributed by atoms with Gasteiger partial charge < -0.3 is 26.5 Å². The summed E-state index contributed by atoms with van der Waals surface area (Å²) in [5, 5.41) is 2.40. The maximum absolute atomic E-state index is 13.3. The number of halogens is 5. The molecule has 5 rings (SSSR count). The second-order valence-electron chi connectivity index (χ2n) is 12.8. The smallest absolute Gasteiger partial charge is 0.447 e. The van der Waals surface area contributed by atoms with E-state index in [1.54, 1.807) is 12.1 Å². The molecule has 3 aliphatic heterocycles. The predicted octanol–water partition coefficient (Wildman–Crippen LogP) is 6.76. The molecule has 3 heterocycles. The molecule has 0 unspecified atom stereocenters. The zero-order valence-electron chi connectivity index (χ0n) is 31.7. The van der Waals surface area contributed by atoms with Crippen LogP contribution >= 0.6 is 34.8 Å². The van der Waals surface area contributed by atoms with Gasteiger partial charge in [-0.3, -0.25) is 9.59 Å². The third kappa shape index (κ3) is 20.8. The molecule has 1 N–H and O–H groups in total. The van der Waals surface area contributed by atoms with Crippen molar-refractivity contribution < 1.29 is 61.0 Å². The summed E-state index contributed by atoms with van der Waals surface area (Å²) in [5.41, 5.74) is 1.38. The Morgan fingerprint density at radius 1 is 0.887 bits per heavy atom. The molecule has 3 aliphatic rings. The van der Waals surface area contributed by atoms with Gasteiger partial charge in [-0.05, 0) is 84.5 Å². The summed E-state index contributed by atoms with van der Waals surface area (Å²) >= 11 is 16.2. The average Bonchev–Trinajstić information content (AvgIpc) is 3.90.